The van der Waals surface area contributed by atoms with Gasteiger partial charge in [0.2, 0.25) is 0 Å². The minimum Gasteiger partial charge on any atom is -0.506 e. The summed E-state index contributed by atoms with van der Waals surface area (Å²) in [4.78, 5) is 23.0. The van der Waals surface area contributed by atoms with E-state index in [0.717, 1.165) is 6.07 Å². The molecule has 2 aromatic heterocycles. The van der Waals surface area contributed by atoms with Gasteiger partial charge in [-0.05, 0) is 24.3 Å². The molecule has 0 aromatic carbocycles. The monoisotopic (exact) mass is 367 g/mol. The zero-order chi connectivity index (χ0) is 18.7. The molecule has 2 amide bonds. The molecule has 1 fully saturated rings. The summed E-state index contributed by atoms with van der Waals surface area (Å²) in [7, 11) is 0. The number of piperazine rings is 1. The lowest BCUT2D eigenvalue weighted by Crippen LogP contribution is -2.50. The first kappa shape index (κ1) is 17.8. The van der Waals surface area contributed by atoms with Crippen molar-refractivity contribution in [2.75, 3.05) is 36.4 Å². The number of aromatic nitrogens is 2. The molecule has 0 atom stereocenters. The van der Waals surface area contributed by atoms with E-state index in [1.54, 1.807) is 9.80 Å². The van der Waals surface area contributed by atoms with Crippen LogP contribution in [0.3, 0.4) is 0 Å². The fourth-order valence-corrected chi connectivity index (χ4v) is 2.54. The van der Waals surface area contributed by atoms with Gasteiger partial charge in [0, 0.05) is 26.2 Å². The Morgan fingerprint density at radius 2 is 1.85 bits per heavy atom. The highest BCUT2D eigenvalue weighted by Gasteiger charge is 2.33. The number of carbonyl (C=O) groups is 1. The summed E-state index contributed by atoms with van der Waals surface area (Å²) in [5, 5.41) is 11.8. The molecule has 3 rings (SSSR count). The Hall–Kier alpha value is -3.04. The van der Waals surface area contributed by atoms with Gasteiger partial charge in [0.05, 0.1) is 6.20 Å². The number of hydrogen-bond donors (Lipinski definition) is 2. The number of nitrogens with one attached hydrogen (secondary N) is 1. The number of alkyl halides is 3. The Bertz CT molecular complexity index is 774. The van der Waals surface area contributed by atoms with Crippen LogP contribution in [0.5, 0.6) is 5.75 Å². The van der Waals surface area contributed by atoms with E-state index in [-0.39, 0.29) is 17.6 Å². The third-order valence-electron chi connectivity index (χ3n) is 3.90. The number of halogens is 3. The molecule has 2 N–H and O–H groups in total. The molecule has 10 heteroatoms. The highest BCUT2D eigenvalue weighted by Crippen LogP contribution is 2.29. The number of hydrogen-bond acceptors (Lipinski definition) is 5. The van der Waals surface area contributed by atoms with Crippen LogP contribution in [-0.4, -0.2) is 52.2 Å². The van der Waals surface area contributed by atoms with Gasteiger partial charge < -0.3 is 14.9 Å². The third-order valence-corrected chi connectivity index (χ3v) is 3.90. The summed E-state index contributed by atoms with van der Waals surface area (Å²) < 4.78 is 38.3. The van der Waals surface area contributed by atoms with E-state index in [0.29, 0.717) is 32.0 Å². The number of rotatable bonds is 2. The van der Waals surface area contributed by atoms with E-state index >= 15 is 0 Å². The van der Waals surface area contributed by atoms with Gasteiger partial charge in [-0.3, -0.25) is 5.32 Å². The van der Waals surface area contributed by atoms with Gasteiger partial charge in [-0.2, -0.15) is 13.2 Å². The van der Waals surface area contributed by atoms with Crippen molar-refractivity contribution in [3.63, 3.8) is 0 Å². The van der Waals surface area contributed by atoms with Crippen LogP contribution >= 0.6 is 0 Å². The molecular weight excluding hydrogens is 351 g/mol. The summed E-state index contributed by atoms with van der Waals surface area (Å²) in [6.07, 6.45) is -3.28. The molecule has 0 saturated carbocycles. The molecule has 7 nitrogen and oxygen atoms in total. The minimum atomic E-state index is -4.49. The molecule has 1 saturated heterocycles. The first-order valence-electron chi connectivity index (χ1n) is 7.83. The van der Waals surface area contributed by atoms with Crippen molar-refractivity contribution in [2.24, 2.45) is 0 Å². The zero-order valence-electron chi connectivity index (χ0n) is 13.6. The molecule has 0 spiro atoms. The van der Waals surface area contributed by atoms with E-state index in [1.807, 2.05) is 0 Å². The lowest BCUT2D eigenvalue weighted by Gasteiger charge is -2.35. The van der Waals surface area contributed by atoms with Gasteiger partial charge in [-0.1, -0.05) is 6.07 Å². The van der Waals surface area contributed by atoms with Crippen LogP contribution < -0.4 is 10.2 Å². The molecule has 1 aliphatic heterocycles. The van der Waals surface area contributed by atoms with Crippen molar-refractivity contribution in [2.45, 2.75) is 6.18 Å². The van der Waals surface area contributed by atoms with Crippen molar-refractivity contribution in [3.05, 3.63) is 42.2 Å². The van der Waals surface area contributed by atoms with Crippen molar-refractivity contribution in [1.82, 2.24) is 14.9 Å². The second kappa shape index (κ2) is 7.06. The summed E-state index contributed by atoms with van der Waals surface area (Å²) >= 11 is 0. The van der Waals surface area contributed by atoms with E-state index < -0.39 is 11.9 Å². The predicted octanol–water partition coefficient (Wildman–Crippen LogP) is 2.56. The van der Waals surface area contributed by atoms with Crippen molar-refractivity contribution >= 4 is 17.7 Å². The fourth-order valence-electron chi connectivity index (χ4n) is 2.54. The summed E-state index contributed by atoms with van der Waals surface area (Å²) in [5.41, 5.74) is -0.937. The largest absolute Gasteiger partial charge is 0.506 e. The smallest absolute Gasteiger partial charge is 0.433 e. The number of amides is 2. The third kappa shape index (κ3) is 4.13. The zero-order valence-corrected chi connectivity index (χ0v) is 13.6. The lowest BCUT2D eigenvalue weighted by molar-refractivity contribution is -0.141. The average molecular weight is 367 g/mol. The number of carbonyl (C=O) groups excluding carboxylic acids is 1. The summed E-state index contributed by atoms with van der Waals surface area (Å²) in [6.45, 7) is 1.40. The number of pyridine rings is 2. The summed E-state index contributed by atoms with van der Waals surface area (Å²) in [6, 6.07) is 6.28. The molecule has 3 heterocycles. The van der Waals surface area contributed by atoms with Crippen LogP contribution in [0.1, 0.15) is 5.69 Å². The SMILES string of the molecule is O=C(Nc1ccc(O)cn1)N1CCN(c2cccc(C(F)(F)F)n2)CC1. The van der Waals surface area contributed by atoms with Crippen LogP contribution in [0.4, 0.5) is 29.6 Å². The standard InChI is InChI=1S/C16H16F3N5O2/c17-16(18,19)12-2-1-3-14(21-12)23-6-8-24(9-7-23)15(26)22-13-5-4-11(25)10-20-13/h1-5,10,25H,6-9H2,(H,20,22,26). The van der Waals surface area contributed by atoms with E-state index in [4.69, 9.17) is 0 Å². The molecule has 0 aliphatic carbocycles. The molecule has 0 unspecified atom stereocenters. The second-order valence-electron chi connectivity index (χ2n) is 5.68. The average Bonchev–Trinajstić information content (AvgIpc) is 2.63. The van der Waals surface area contributed by atoms with Gasteiger partial charge in [0.1, 0.15) is 23.1 Å². The lowest BCUT2D eigenvalue weighted by atomic mass is 10.3. The van der Waals surface area contributed by atoms with Gasteiger partial charge in [-0.25, -0.2) is 14.8 Å². The Labute approximate surface area is 147 Å². The van der Waals surface area contributed by atoms with Crippen LogP contribution in [0.15, 0.2) is 36.5 Å². The van der Waals surface area contributed by atoms with Crippen molar-refractivity contribution < 1.29 is 23.1 Å². The quantitative estimate of drug-likeness (QED) is 0.853. The second-order valence-corrected chi connectivity index (χ2v) is 5.68. The highest BCUT2D eigenvalue weighted by atomic mass is 19.4. The van der Waals surface area contributed by atoms with E-state index in [1.165, 1.54) is 30.5 Å². The molecule has 1 aliphatic rings. The first-order valence-corrected chi connectivity index (χ1v) is 7.83. The highest BCUT2D eigenvalue weighted by molar-refractivity contribution is 5.88. The normalized spacial score (nSPS) is 15.0. The molecule has 2 aromatic rings. The first-order chi connectivity index (χ1) is 12.3. The molecule has 138 valence electrons. The van der Waals surface area contributed by atoms with Crippen LogP contribution in [0.2, 0.25) is 0 Å². The Morgan fingerprint density at radius 1 is 1.12 bits per heavy atom. The van der Waals surface area contributed by atoms with Gasteiger partial charge in [0.15, 0.2) is 0 Å². The minimum absolute atomic E-state index is 0.00907. The maximum Gasteiger partial charge on any atom is 0.433 e. The predicted molar refractivity (Wildman–Crippen MR) is 87.9 cm³/mol. The van der Waals surface area contributed by atoms with E-state index in [2.05, 4.69) is 15.3 Å². The molecule has 0 radical (unpaired) electrons. The number of anilines is 2. The van der Waals surface area contributed by atoms with Gasteiger partial charge in [-0.15, -0.1) is 0 Å². The van der Waals surface area contributed by atoms with Crippen molar-refractivity contribution in [3.8, 4) is 5.75 Å². The Balaban J connectivity index is 1.59. The summed E-state index contributed by atoms with van der Waals surface area (Å²) in [5.74, 6) is 0.528. The topological polar surface area (TPSA) is 81.6 Å². The van der Waals surface area contributed by atoms with Gasteiger partial charge >= 0.3 is 12.2 Å². The Morgan fingerprint density at radius 3 is 2.46 bits per heavy atom. The van der Waals surface area contributed by atoms with Crippen LogP contribution in [0, 0.1) is 0 Å². The molecular formula is C16H16F3N5O2. The molecule has 26 heavy (non-hydrogen) atoms. The van der Waals surface area contributed by atoms with Crippen molar-refractivity contribution in [1.29, 1.82) is 0 Å². The number of nitrogens with zero attached hydrogens (tertiary/aromatic N) is 4. The number of aromatic hydroxyl groups is 1. The van der Waals surface area contributed by atoms with Crippen LogP contribution in [-0.2, 0) is 6.18 Å². The van der Waals surface area contributed by atoms with E-state index in [9.17, 15) is 23.1 Å². The fraction of sp³-hybridized carbons (Fsp3) is 0.312. The van der Waals surface area contributed by atoms with Gasteiger partial charge in [0.25, 0.3) is 0 Å². The molecule has 0 bridgehead atoms. The van der Waals surface area contributed by atoms with Crippen LogP contribution in [0.25, 0.3) is 0 Å². The Kier molecular flexibility index (Phi) is 4.83. The maximum absolute atomic E-state index is 12.8. The number of urea groups is 1. The maximum atomic E-state index is 12.8.